The summed E-state index contributed by atoms with van der Waals surface area (Å²) in [5, 5.41) is 8.76. The van der Waals surface area contributed by atoms with Gasteiger partial charge in [0.15, 0.2) is 0 Å². The standard InChI is InChI=1S/C17H20N4O2/c1-21-14(4-8-20-21)16-12(3-2-9-23-16)11-19-17-13-6-10-22-15(13)5-7-18-17/h4-8,10,12,16H,2-3,9,11H2,1H3,(H,18,19)/t12-,16+/m0/s1. The maximum Gasteiger partial charge on any atom is 0.139 e. The Bertz CT molecular complexity index is 795. The van der Waals surface area contributed by atoms with Crippen LogP contribution in [0.1, 0.15) is 24.6 Å². The number of pyridine rings is 1. The third-order valence-corrected chi connectivity index (χ3v) is 4.51. The fourth-order valence-electron chi connectivity index (χ4n) is 3.31. The summed E-state index contributed by atoms with van der Waals surface area (Å²) in [6, 6.07) is 5.86. The minimum Gasteiger partial charge on any atom is -0.464 e. The van der Waals surface area contributed by atoms with E-state index in [1.807, 2.05) is 36.1 Å². The van der Waals surface area contributed by atoms with Crippen molar-refractivity contribution in [2.24, 2.45) is 13.0 Å². The van der Waals surface area contributed by atoms with Crippen LogP contribution in [0.2, 0.25) is 0 Å². The van der Waals surface area contributed by atoms with E-state index in [0.717, 1.165) is 48.5 Å². The number of fused-ring (bicyclic) bond motifs is 1. The van der Waals surface area contributed by atoms with E-state index < -0.39 is 0 Å². The molecule has 6 heteroatoms. The Balaban J connectivity index is 1.52. The van der Waals surface area contributed by atoms with Crippen LogP contribution in [0.3, 0.4) is 0 Å². The molecule has 1 saturated heterocycles. The molecule has 3 aromatic rings. The van der Waals surface area contributed by atoms with Gasteiger partial charge in [0.05, 0.1) is 17.3 Å². The molecule has 0 spiro atoms. The van der Waals surface area contributed by atoms with Crippen molar-refractivity contribution in [1.82, 2.24) is 14.8 Å². The smallest absolute Gasteiger partial charge is 0.139 e. The van der Waals surface area contributed by atoms with E-state index in [-0.39, 0.29) is 6.10 Å². The van der Waals surface area contributed by atoms with Crippen molar-refractivity contribution < 1.29 is 9.15 Å². The van der Waals surface area contributed by atoms with Crippen molar-refractivity contribution in [2.45, 2.75) is 18.9 Å². The summed E-state index contributed by atoms with van der Waals surface area (Å²) in [4.78, 5) is 4.44. The van der Waals surface area contributed by atoms with Crippen LogP contribution in [0.4, 0.5) is 5.82 Å². The molecule has 0 aliphatic carbocycles. The Hall–Kier alpha value is -2.34. The average Bonchev–Trinajstić information content (AvgIpc) is 3.22. The Morgan fingerprint density at radius 3 is 3.13 bits per heavy atom. The minimum absolute atomic E-state index is 0.0762. The zero-order chi connectivity index (χ0) is 15.6. The van der Waals surface area contributed by atoms with E-state index in [1.165, 1.54) is 0 Å². The number of hydrogen-bond donors (Lipinski definition) is 1. The minimum atomic E-state index is 0.0762. The third-order valence-electron chi connectivity index (χ3n) is 4.51. The van der Waals surface area contributed by atoms with E-state index in [0.29, 0.717) is 5.92 Å². The van der Waals surface area contributed by atoms with E-state index in [1.54, 1.807) is 12.5 Å². The molecule has 1 N–H and O–H groups in total. The van der Waals surface area contributed by atoms with E-state index in [2.05, 4.69) is 15.4 Å². The Morgan fingerprint density at radius 2 is 2.26 bits per heavy atom. The fourth-order valence-corrected chi connectivity index (χ4v) is 3.31. The zero-order valence-electron chi connectivity index (χ0n) is 13.1. The van der Waals surface area contributed by atoms with Crippen molar-refractivity contribution in [3.8, 4) is 0 Å². The van der Waals surface area contributed by atoms with Crippen LogP contribution in [0.5, 0.6) is 0 Å². The monoisotopic (exact) mass is 312 g/mol. The first-order chi connectivity index (χ1) is 11.3. The highest BCUT2D eigenvalue weighted by atomic mass is 16.5. The first-order valence-corrected chi connectivity index (χ1v) is 7.98. The van der Waals surface area contributed by atoms with E-state index in [9.17, 15) is 0 Å². The van der Waals surface area contributed by atoms with Crippen LogP contribution in [-0.4, -0.2) is 27.9 Å². The average molecular weight is 312 g/mol. The number of ether oxygens (including phenoxy) is 1. The highest BCUT2D eigenvalue weighted by molar-refractivity contribution is 5.87. The molecule has 0 aromatic carbocycles. The number of aromatic nitrogens is 3. The largest absolute Gasteiger partial charge is 0.464 e. The van der Waals surface area contributed by atoms with Crippen molar-refractivity contribution >= 4 is 16.8 Å². The number of furan rings is 1. The second kappa shape index (κ2) is 6.04. The molecule has 1 aliphatic rings. The Labute approximate surface area is 134 Å². The van der Waals surface area contributed by atoms with Gasteiger partial charge in [-0.1, -0.05) is 0 Å². The number of nitrogens with zero attached hydrogens (tertiary/aromatic N) is 3. The van der Waals surface area contributed by atoms with Gasteiger partial charge in [-0.2, -0.15) is 5.10 Å². The van der Waals surface area contributed by atoms with Gasteiger partial charge in [0.1, 0.15) is 17.5 Å². The molecule has 6 nitrogen and oxygen atoms in total. The molecular weight excluding hydrogens is 292 g/mol. The van der Waals surface area contributed by atoms with Gasteiger partial charge in [-0.15, -0.1) is 0 Å². The van der Waals surface area contributed by atoms with Gasteiger partial charge in [-0.3, -0.25) is 4.68 Å². The first kappa shape index (κ1) is 14.3. The van der Waals surface area contributed by atoms with Gasteiger partial charge in [0.25, 0.3) is 0 Å². The summed E-state index contributed by atoms with van der Waals surface area (Å²) < 4.78 is 13.4. The lowest BCUT2D eigenvalue weighted by Crippen LogP contribution is -2.29. The zero-order valence-corrected chi connectivity index (χ0v) is 13.1. The van der Waals surface area contributed by atoms with E-state index >= 15 is 0 Å². The Morgan fingerprint density at radius 1 is 1.30 bits per heavy atom. The highest BCUT2D eigenvalue weighted by Gasteiger charge is 2.29. The molecule has 3 aromatic heterocycles. The second-order valence-corrected chi connectivity index (χ2v) is 5.95. The number of nitrogens with one attached hydrogen (secondary N) is 1. The molecule has 23 heavy (non-hydrogen) atoms. The lowest BCUT2D eigenvalue weighted by atomic mass is 9.92. The van der Waals surface area contributed by atoms with Gasteiger partial charge < -0.3 is 14.5 Å². The normalized spacial score (nSPS) is 21.6. The molecule has 0 bridgehead atoms. The summed E-state index contributed by atoms with van der Waals surface area (Å²) >= 11 is 0. The lowest BCUT2D eigenvalue weighted by Gasteiger charge is -2.32. The number of aryl methyl sites for hydroxylation is 1. The molecule has 0 radical (unpaired) electrons. The molecule has 0 unspecified atom stereocenters. The molecule has 1 fully saturated rings. The van der Waals surface area contributed by atoms with Crippen LogP contribution in [0.25, 0.3) is 11.0 Å². The van der Waals surface area contributed by atoms with Crippen LogP contribution in [0, 0.1) is 5.92 Å². The molecule has 0 amide bonds. The van der Waals surface area contributed by atoms with Crippen LogP contribution in [-0.2, 0) is 11.8 Å². The number of anilines is 1. The summed E-state index contributed by atoms with van der Waals surface area (Å²) in [6.45, 7) is 1.62. The third kappa shape index (κ3) is 2.70. The second-order valence-electron chi connectivity index (χ2n) is 5.95. The van der Waals surface area contributed by atoms with Gasteiger partial charge in [0.2, 0.25) is 0 Å². The quantitative estimate of drug-likeness (QED) is 0.801. The number of hydrogen-bond acceptors (Lipinski definition) is 5. The lowest BCUT2D eigenvalue weighted by molar-refractivity contribution is -0.0284. The van der Waals surface area contributed by atoms with Gasteiger partial charge in [0, 0.05) is 38.5 Å². The number of rotatable bonds is 4. The van der Waals surface area contributed by atoms with Crippen molar-refractivity contribution in [1.29, 1.82) is 0 Å². The van der Waals surface area contributed by atoms with Gasteiger partial charge in [-0.05, 0) is 31.0 Å². The van der Waals surface area contributed by atoms with Gasteiger partial charge in [-0.25, -0.2) is 4.98 Å². The first-order valence-electron chi connectivity index (χ1n) is 7.98. The van der Waals surface area contributed by atoms with Gasteiger partial charge >= 0.3 is 0 Å². The molecule has 2 atom stereocenters. The Kier molecular flexibility index (Phi) is 3.75. The maximum atomic E-state index is 6.04. The topological polar surface area (TPSA) is 65.1 Å². The summed E-state index contributed by atoms with van der Waals surface area (Å²) in [5.74, 6) is 1.26. The van der Waals surface area contributed by atoms with Crippen LogP contribution < -0.4 is 5.32 Å². The van der Waals surface area contributed by atoms with Crippen LogP contribution in [0.15, 0.2) is 41.3 Å². The fraction of sp³-hybridized carbons (Fsp3) is 0.412. The predicted molar refractivity (Wildman–Crippen MR) is 87.1 cm³/mol. The van der Waals surface area contributed by atoms with Crippen molar-refractivity contribution in [2.75, 3.05) is 18.5 Å². The highest BCUT2D eigenvalue weighted by Crippen LogP contribution is 2.33. The molecule has 1 aliphatic heterocycles. The van der Waals surface area contributed by atoms with Crippen LogP contribution >= 0.6 is 0 Å². The molecule has 4 heterocycles. The predicted octanol–water partition coefficient (Wildman–Crippen LogP) is 3.14. The maximum absolute atomic E-state index is 6.04. The summed E-state index contributed by atoms with van der Waals surface area (Å²) in [7, 11) is 1.96. The molecule has 120 valence electrons. The molecule has 0 saturated carbocycles. The van der Waals surface area contributed by atoms with E-state index in [4.69, 9.17) is 9.15 Å². The summed E-state index contributed by atoms with van der Waals surface area (Å²) in [6.07, 6.45) is 7.58. The SMILES string of the molecule is Cn1nccc1[C@@H]1OCCC[C@H]1CNc1nccc2occc12. The molecular formula is C17H20N4O2. The van der Waals surface area contributed by atoms with Crippen molar-refractivity contribution in [3.63, 3.8) is 0 Å². The summed E-state index contributed by atoms with van der Waals surface area (Å²) in [5.41, 5.74) is 1.98. The van der Waals surface area contributed by atoms with Crippen molar-refractivity contribution in [3.05, 3.63) is 42.5 Å². The molecule has 4 rings (SSSR count).